The second-order valence-corrected chi connectivity index (χ2v) is 11.7. The summed E-state index contributed by atoms with van der Waals surface area (Å²) < 4.78 is 10.3. The maximum atomic E-state index is 11.9. The fraction of sp³-hybridized carbons (Fsp3) is 0.818. The fourth-order valence-electron chi connectivity index (χ4n) is 4.97. The number of urea groups is 2. The van der Waals surface area contributed by atoms with Gasteiger partial charge in [0.1, 0.15) is 13.2 Å². The van der Waals surface area contributed by atoms with Gasteiger partial charge in [-0.1, -0.05) is 12.8 Å². The summed E-state index contributed by atoms with van der Waals surface area (Å²) in [4.78, 5) is 46.6. The molecule has 0 spiro atoms. The lowest BCUT2D eigenvalue weighted by atomic mass is 10.0. The largest absolute Gasteiger partial charge is 0.462 e. The van der Waals surface area contributed by atoms with E-state index in [0.717, 1.165) is 50.0 Å². The van der Waals surface area contributed by atoms with Crippen LogP contribution in [0.4, 0.5) is 9.59 Å². The Hall–Kier alpha value is -1.82. The van der Waals surface area contributed by atoms with Crippen LogP contribution in [0.25, 0.3) is 0 Å². The third kappa shape index (κ3) is 6.87. The summed E-state index contributed by atoms with van der Waals surface area (Å²) >= 11 is 3.74. The Balaban J connectivity index is 0.956. The second-order valence-electron chi connectivity index (χ2n) is 9.18. The lowest BCUT2D eigenvalue weighted by Crippen LogP contribution is -2.36. The molecular formula is C22H34N4O6S2. The van der Waals surface area contributed by atoms with Crippen molar-refractivity contribution in [2.24, 2.45) is 0 Å². The van der Waals surface area contributed by atoms with Crippen molar-refractivity contribution in [1.82, 2.24) is 21.3 Å². The lowest BCUT2D eigenvalue weighted by Gasteiger charge is -2.16. The highest BCUT2D eigenvalue weighted by Gasteiger charge is 2.43. The predicted octanol–water partition coefficient (Wildman–Crippen LogP) is 1.52. The first-order valence-electron chi connectivity index (χ1n) is 12.2. The maximum absolute atomic E-state index is 11.9. The van der Waals surface area contributed by atoms with Crippen molar-refractivity contribution >= 4 is 47.5 Å². The third-order valence-electron chi connectivity index (χ3n) is 6.72. The van der Waals surface area contributed by atoms with Gasteiger partial charge in [-0.25, -0.2) is 9.59 Å². The van der Waals surface area contributed by atoms with Gasteiger partial charge in [-0.3, -0.25) is 9.59 Å². The topological polar surface area (TPSA) is 135 Å². The van der Waals surface area contributed by atoms with Gasteiger partial charge in [-0.15, -0.1) is 0 Å². The van der Waals surface area contributed by atoms with Crippen molar-refractivity contribution in [3.8, 4) is 0 Å². The monoisotopic (exact) mass is 514 g/mol. The SMILES string of the molecule is O=C1N[C@H]2[C@H](CS[C@H]2CCCCC(=O)OCCOC(=O)CCCC[C@@H]2SC[C@@H]3NC(=O)N[C@@H]32)N1. The third-order valence-corrected chi connectivity index (χ3v) is 9.74. The number of hydrogen-bond donors (Lipinski definition) is 4. The lowest BCUT2D eigenvalue weighted by molar-refractivity contribution is -0.152. The number of amides is 4. The van der Waals surface area contributed by atoms with E-state index in [4.69, 9.17) is 9.47 Å². The Morgan fingerprint density at radius 1 is 0.706 bits per heavy atom. The van der Waals surface area contributed by atoms with Gasteiger partial charge in [-0.2, -0.15) is 23.5 Å². The smallest absolute Gasteiger partial charge is 0.315 e. The average molecular weight is 515 g/mol. The highest BCUT2D eigenvalue weighted by atomic mass is 32.2. The molecule has 0 aromatic heterocycles. The van der Waals surface area contributed by atoms with Gasteiger partial charge in [0, 0.05) is 34.8 Å². The van der Waals surface area contributed by atoms with Crippen LogP contribution in [0.2, 0.25) is 0 Å². The van der Waals surface area contributed by atoms with E-state index in [0.29, 0.717) is 23.3 Å². The molecular weight excluding hydrogens is 480 g/mol. The summed E-state index contributed by atoms with van der Waals surface area (Å²) in [6.07, 6.45) is 5.93. The Labute approximate surface area is 208 Å². The van der Waals surface area contributed by atoms with Crippen LogP contribution in [0, 0.1) is 0 Å². The van der Waals surface area contributed by atoms with Gasteiger partial charge in [0.2, 0.25) is 0 Å². The molecule has 4 heterocycles. The van der Waals surface area contributed by atoms with Crippen molar-refractivity contribution in [2.75, 3.05) is 24.7 Å². The number of ether oxygens (including phenoxy) is 2. The number of hydrogen-bond acceptors (Lipinski definition) is 8. The summed E-state index contributed by atoms with van der Waals surface area (Å²) in [6, 6.07) is 0.680. The highest BCUT2D eigenvalue weighted by molar-refractivity contribution is 8.00. The Morgan fingerprint density at radius 2 is 1.15 bits per heavy atom. The number of nitrogens with one attached hydrogen (secondary N) is 4. The standard InChI is InChI=1S/C22H34N4O6S2/c27-17(7-3-1-5-15-19-13(11-33-15)23-21(29)25-19)31-9-10-32-18(28)8-4-2-6-16-20-14(12-34-16)24-22(30)26-20/h13-16,19-20H,1-12H2,(H2,23,25,29)(H2,24,26,30)/t13-,14-,15-,16-,19-,20-/m0/s1. The van der Waals surface area contributed by atoms with E-state index in [1.807, 2.05) is 23.5 Å². The first-order valence-corrected chi connectivity index (χ1v) is 14.3. The van der Waals surface area contributed by atoms with E-state index < -0.39 is 0 Å². The summed E-state index contributed by atoms with van der Waals surface area (Å²) in [6.45, 7) is 0.165. The molecule has 12 heteroatoms. The molecule has 34 heavy (non-hydrogen) atoms. The van der Waals surface area contributed by atoms with Crippen molar-refractivity contribution < 1.29 is 28.7 Å². The molecule has 0 aromatic rings. The molecule has 0 radical (unpaired) electrons. The van der Waals surface area contributed by atoms with Gasteiger partial charge >= 0.3 is 24.0 Å². The van der Waals surface area contributed by atoms with E-state index in [2.05, 4.69) is 21.3 Å². The van der Waals surface area contributed by atoms with Crippen LogP contribution in [0.3, 0.4) is 0 Å². The predicted molar refractivity (Wildman–Crippen MR) is 130 cm³/mol. The molecule has 6 atom stereocenters. The zero-order chi connectivity index (χ0) is 23.9. The number of unbranched alkanes of at least 4 members (excludes halogenated alkanes) is 2. The first-order chi connectivity index (χ1) is 16.5. The van der Waals surface area contributed by atoms with Crippen molar-refractivity contribution in [3.63, 3.8) is 0 Å². The molecule has 190 valence electrons. The summed E-state index contributed by atoms with van der Waals surface area (Å²) in [5, 5.41) is 12.6. The summed E-state index contributed by atoms with van der Waals surface area (Å²) in [5.41, 5.74) is 0. The van der Waals surface area contributed by atoms with Crippen LogP contribution < -0.4 is 21.3 Å². The number of esters is 2. The van der Waals surface area contributed by atoms with E-state index in [1.165, 1.54) is 0 Å². The summed E-state index contributed by atoms with van der Waals surface area (Å²) in [5.74, 6) is 1.33. The van der Waals surface area contributed by atoms with Crippen LogP contribution >= 0.6 is 23.5 Å². The molecule has 4 rings (SSSR count). The van der Waals surface area contributed by atoms with E-state index in [1.54, 1.807) is 0 Å². The molecule has 4 saturated heterocycles. The van der Waals surface area contributed by atoms with Gasteiger partial charge in [-0.05, 0) is 25.7 Å². The number of carbonyl (C=O) groups excluding carboxylic acids is 4. The Kier molecular flexibility index (Phi) is 9.10. The van der Waals surface area contributed by atoms with Gasteiger partial charge in [0.05, 0.1) is 24.2 Å². The number of carbonyl (C=O) groups is 4. The molecule has 4 aliphatic rings. The van der Waals surface area contributed by atoms with Crippen LogP contribution in [0.1, 0.15) is 51.4 Å². The number of thioether (sulfide) groups is 2. The molecule has 4 N–H and O–H groups in total. The van der Waals surface area contributed by atoms with Gasteiger partial charge in [0.25, 0.3) is 0 Å². The summed E-state index contributed by atoms with van der Waals surface area (Å²) in [7, 11) is 0. The maximum Gasteiger partial charge on any atom is 0.315 e. The molecule has 0 saturated carbocycles. The molecule has 4 fully saturated rings. The molecule has 4 aliphatic heterocycles. The van der Waals surface area contributed by atoms with Gasteiger partial charge < -0.3 is 30.7 Å². The second kappa shape index (κ2) is 12.2. The number of fused-ring (bicyclic) bond motifs is 2. The van der Waals surface area contributed by atoms with Crippen molar-refractivity contribution in [1.29, 1.82) is 0 Å². The van der Waals surface area contributed by atoms with E-state index >= 15 is 0 Å². The zero-order valence-corrected chi connectivity index (χ0v) is 20.8. The minimum absolute atomic E-state index is 0.0798. The van der Waals surface area contributed by atoms with E-state index in [-0.39, 0.29) is 61.4 Å². The van der Waals surface area contributed by atoms with Crippen molar-refractivity contribution in [3.05, 3.63) is 0 Å². The van der Waals surface area contributed by atoms with Crippen LogP contribution in [0.15, 0.2) is 0 Å². The molecule has 0 unspecified atom stereocenters. The molecule has 10 nitrogen and oxygen atoms in total. The molecule has 0 aromatic carbocycles. The highest BCUT2D eigenvalue weighted by Crippen LogP contribution is 2.34. The number of rotatable bonds is 13. The average Bonchev–Trinajstić information content (AvgIpc) is 3.54. The zero-order valence-electron chi connectivity index (χ0n) is 19.2. The quantitative estimate of drug-likeness (QED) is 0.165. The molecule has 0 bridgehead atoms. The molecule has 4 amide bonds. The minimum Gasteiger partial charge on any atom is -0.462 e. The van der Waals surface area contributed by atoms with Gasteiger partial charge in [0.15, 0.2) is 0 Å². The Bertz CT molecular complexity index is 710. The van der Waals surface area contributed by atoms with Crippen LogP contribution in [0.5, 0.6) is 0 Å². The fourth-order valence-corrected chi connectivity index (χ4v) is 8.06. The first kappa shape index (κ1) is 25.3. The minimum atomic E-state index is -0.273. The normalized spacial score (nSPS) is 31.2. The molecule has 0 aliphatic carbocycles. The Morgan fingerprint density at radius 3 is 1.59 bits per heavy atom. The van der Waals surface area contributed by atoms with Crippen LogP contribution in [-0.2, 0) is 19.1 Å². The van der Waals surface area contributed by atoms with Crippen LogP contribution in [-0.4, -0.2) is 83.4 Å². The van der Waals surface area contributed by atoms with Crippen molar-refractivity contribution in [2.45, 2.75) is 86.0 Å². The van der Waals surface area contributed by atoms with E-state index in [9.17, 15) is 19.2 Å².